The van der Waals surface area contributed by atoms with Crippen LogP contribution in [0.25, 0.3) is 0 Å². The highest BCUT2D eigenvalue weighted by Crippen LogP contribution is 2.25. The fraction of sp³-hybridized carbons (Fsp3) is 0.429. The third-order valence-corrected chi connectivity index (χ3v) is 3.57. The van der Waals surface area contributed by atoms with Crippen LogP contribution in [0.2, 0.25) is 0 Å². The molecule has 0 spiro atoms. The van der Waals surface area contributed by atoms with Crippen LogP contribution in [0.15, 0.2) is 23.2 Å². The van der Waals surface area contributed by atoms with Gasteiger partial charge < -0.3 is 19.4 Å². The summed E-state index contributed by atoms with van der Waals surface area (Å²) in [6.07, 6.45) is 4.19. The Bertz CT molecular complexity index is 672. The molecule has 1 fully saturated rings. The van der Waals surface area contributed by atoms with Gasteiger partial charge >= 0.3 is 0 Å². The molecule has 2 aromatic rings. The van der Waals surface area contributed by atoms with Crippen LogP contribution in [-0.2, 0) is 4.74 Å². The fourth-order valence-corrected chi connectivity index (χ4v) is 2.44. The van der Waals surface area contributed by atoms with Gasteiger partial charge in [0, 0.05) is 26.0 Å². The molecule has 0 saturated carbocycles. The number of anilines is 1. The van der Waals surface area contributed by atoms with Crippen molar-refractivity contribution >= 4 is 11.7 Å². The second-order valence-corrected chi connectivity index (χ2v) is 4.91. The van der Waals surface area contributed by atoms with Gasteiger partial charge in [0.25, 0.3) is 5.91 Å². The smallest absolute Gasteiger partial charge is 0.276 e. The van der Waals surface area contributed by atoms with Crippen molar-refractivity contribution in [1.29, 1.82) is 0 Å². The zero-order chi connectivity index (χ0) is 15.5. The zero-order valence-electron chi connectivity index (χ0n) is 12.4. The molecule has 1 atom stereocenters. The lowest BCUT2D eigenvalue weighted by Gasteiger charge is -2.32. The fourth-order valence-electron chi connectivity index (χ4n) is 2.44. The maximum Gasteiger partial charge on any atom is 0.276 e. The predicted octanol–water partition coefficient (Wildman–Crippen LogP) is 1.03. The first-order chi connectivity index (χ1) is 10.7. The van der Waals surface area contributed by atoms with Crippen LogP contribution < -0.4 is 5.32 Å². The SMILES string of the molecule is CNc1nccnc1[C@@H]1CN(C(=O)c2ncoc2C)CCO1. The first-order valence-electron chi connectivity index (χ1n) is 7.00. The number of amides is 1. The summed E-state index contributed by atoms with van der Waals surface area (Å²) in [5.41, 5.74) is 1.04. The minimum atomic E-state index is -0.318. The van der Waals surface area contributed by atoms with Gasteiger partial charge in [-0.1, -0.05) is 0 Å². The quantitative estimate of drug-likeness (QED) is 0.905. The van der Waals surface area contributed by atoms with Gasteiger partial charge in [0.1, 0.15) is 23.4 Å². The standard InChI is InChI=1S/C14H17N5O3/c1-9-11(18-8-22-9)14(20)19-5-6-21-10(7-19)12-13(15-2)17-4-3-16-12/h3-4,8,10H,5-7H2,1-2H3,(H,15,17)/t10-/m0/s1. The van der Waals surface area contributed by atoms with E-state index in [2.05, 4.69) is 20.3 Å². The third kappa shape index (κ3) is 2.64. The predicted molar refractivity (Wildman–Crippen MR) is 77.4 cm³/mol. The molecular weight excluding hydrogens is 286 g/mol. The maximum absolute atomic E-state index is 12.5. The number of nitrogens with zero attached hydrogens (tertiary/aromatic N) is 4. The van der Waals surface area contributed by atoms with E-state index in [4.69, 9.17) is 9.15 Å². The van der Waals surface area contributed by atoms with Crippen molar-refractivity contribution in [3.63, 3.8) is 0 Å². The van der Waals surface area contributed by atoms with Crippen molar-refractivity contribution in [2.24, 2.45) is 0 Å². The van der Waals surface area contributed by atoms with Crippen LogP contribution in [0, 0.1) is 6.92 Å². The Balaban J connectivity index is 1.80. The van der Waals surface area contributed by atoms with Gasteiger partial charge in [-0.15, -0.1) is 0 Å². The highest BCUT2D eigenvalue weighted by molar-refractivity contribution is 5.93. The number of morpholine rings is 1. The molecule has 1 aliphatic heterocycles. The normalized spacial score (nSPS) is 18.3. The number of hydrogen-bond donors (Lipinski definition) is 1. The number of aromatic nitrogens is 3. The van der Waals surface area contributed by atoms with Gasteiger partial charge in [-0.2, -0.15) is 0 Å². The summed E-state index contributed by atoms with van der Waals surface area (Å²) < 4.78 is 10.9. The molecule has 0 aliphatic carbocycles. The summed E-state index contributed by atoms with van der Waals surface area (Å²) in [7, 11) is 1.78. The van der Waals surface area contributed by atoms with E-state index >= 15 is 0 Å². The van der Waals surface area contributed by atoms with Crippen molar-refractivity contribution in [2.45, 2.75) is 13.0 Å². The van der Waals surface area contributed by atoms with E-state index < -0.39 is 0 Å². The van der Waals surface area contributed by atoms with Gasteiger partial charge in [0.2, 0.25) is 0 Å². The van der Waals surface area contributed by atoms with Gasteiger partial charge in [0.05, 0.1) is 13.2 Å². The summed E-state index contributed by atoms with van der Waals surface area (Å²) >= 11 is 0. The van der Waals surface area contributed by atoms with Crippen LogP contribution in [0.3, 0.4) is 0 Å². The molecule has 0 aromatic carbocycles. The molecular formula is C14H17N5O3. The van der Waals surface area contributed by atoms with Crippen LogP contribution >= 0.6 is 0 Å². The van der Waals surface area contributed by atoms with Crippen LogP contribution in [-0.4, -0.2) is 52.5 Å². The minimum Gasteiger partial charge on any atom is -0.448 e. The van der Waals surface area contributed by atoms with Gasteiger partial charge in [-0.3, -0.25) is 9.78 Å². The highest BCUT2D eigenvalue weighted by atomic mass is 16.5. The second-order valence-electron chi connectivity index (χ2n) is 4.91. The molecule has 116 valence electrons. The summed E-state index contributed by atoms with van der Waals surface area (Å²) in [5.74, 6) is 1.01. The molecule has 2 aromatic heterocycles. The molecule has 3 rings (SSSR count). The largest absolute Gasteiger partial charge is 0.448 e. The molecule has 3 heterocycles. The molecule has 1 N–H and O–H groups in total. The van der Waals surface area contributed by atoms with Gasteiger partial charge in [-0.25, -0.2) is 9.97 Å². The first kappa shape index (κ1) is 14.5. The average Bonchev–Trinajstić information content (AvgIpc) is 3.00. The first-order valence-corrected chi connectivity index (χ1v) is 7.00. The molecule has 22 heavy (non-hydrogen) atoms. The van der Waals surface area contributed by atoms with Crippen LogP contribution in [0.5, 0.6) is 0 Å². The Morgan fingerprint density at radius 3 is 2.91 bits per heavy atom. The number of ether oxygens (including phenoxy) is 1. The Hall–Kier alpha value is -2.48. The van der Waals surface area contributed by atoms with E-state index in [1.54, 1.807) is 31.3 Å². The third-order valence-electron chi connectivity index (χ3n) is 3.57. The van der Waals surface area contributed by atoms with Gasteiger partial charge in [-0.05, 0) is 6.92 Å². The monoisotopic (exact) mass is 303 g/mol. The Kier molecular flexibility index (Phi) is 4.01. The van der Waals surface area contributed by atoms with E-state index in [0.29, 0.717) is 42.7 Å². The second kappa shape index (κ2) is 6.10. The average molecular weight is 303 g/mol. The Labute approximate surface area is 127 Å². The van der Waals surface area contributed by atoms with E-state index in [1.165, 1.54) is 6.39 Å². The summed E-state index contributed by atoms with van der Waals surface area (Å²) in [6, 6.07) is 0. The molecule has 0 radical (unpaired) electrons. The number of oxazole rings is 1. The number of rotatable bonds is 3. The molecule has 8 heteroatoms. The molecule has 1 aliphatic rings. The molecule has 0 bridgehead atoms. The Morgan fingerprint density at radius 2 is 2.18 bits per heavy atom. The molecule has 0 unspecified atom stereocenters. The van der Waals surface area contributed by atoms with E-state index in [9.17, 15) is 4.79 Å². The lowest BCUT2D eigenvalue weighted by molar-refractivity contribution is -0.0247. The molecule has 8 nitrogen and oxygen atoms in total. The molecule has 1 saturated heterocycles. The van der Waals surface area contributed by atoms with Crippen molar-refractivity contribution in [3.8, 4) is 0 Å². The number of hydrogen-bond acceptors (Lipinski definition) is 7. The number of carbonyl (C=O) groups excluding carboxylic acids is 1. The van der Waals surface area contributed by atoms with Crippen molar-refractivity contribution < 1.29 is 13.9 Å². The maximum atomic E-state index is 12.5. The lowest BCUT2D eigenvalue weighted by atomic mass is 10.2. The highest BCUT2D eigenvalue weighted by Gasteiger charge is 2.30. The van der Waals surface area contributed by atoms with Gasteiger partial charge in [0.15, 0.2) is 12.1 Å². The Morgan fingerprint density at radius 1 is 1.36 bits per heavy atom. The van der Waals surface area contributed by atoms with Crippen LogP contribution in [0.1, 0.15) is 28.0 Å². The number of aryl methyl sites for hydroxylation is 1. The zero-order valence-corrected chi connectivity index (χ0v) is 12.4. The number of carbonyl (C=O) groups is 1. The van der Waals surface area contributed by atoms with E-state index in [-0.39, 0.29) is 12.0 Å². The van der Waals surface area contributed by atoms with Crippen molar-refractivity contribution in [1.82, 2.24) is 19.9 Å². The van der Waals surface area contributed by atoms with E-state index in [1.807, 2.05) is 0 Å². The summed E-state index contributed by atoms with van der Waals surface area (Å²) in [6.45, 7) is 3.07. The number of nitrogens with one attached hydrogen (secondary N) is 1. The van der Waals surface area contributed by atoms with Crippen molar-refractivity contribution in [2.75, 3.05) is 32.1 Å². The van der Waals surface area contributed by atoms with Crippen molar-refractivity contribution in [3.05, 3.63) is 35.9 Å². The topological polar surface area (TPSA) is 93.4 Å². The van der Waals surface area contributed by atoms with E-state index in [0.717, 1.165) is 0 Å². The summed E-state index contributed by atoms with van der Waals surface area (Å²) in [4.78, 5) is 26.7. The minimum absolute atomic E-state index is 0.158. The molecule has 1 amide bonds. The lowest BCUT2D eigenvalue weighted by Crippen LogP contribution is -2.43. The van der Waals surface area contributed by atoms with Crippen LogP contribution in [0.4, 0.5) is 5.82 Å². The summed E-state index contributed by atoms with van der Waals surface area (Å²) in [5, 5.41) is 2.99.